The van der Waals surface area contributed by atoms with E-state index in [4.69, 9.17) is 11.6 Å². The summed E-state index contributed by atoms with van der Waals surface area (Å²) in [6, 6.07) is 20.5. The molecule has 2 nitrogen and oxygen atoms in total. The zero-order valence-electron chi connectivity index (χ0n) is 14.8. The largest absolute Gasteiger partial charge is 0.507 e. The molecule has 0 aromatic heterocycles. The number of nitrogens with one attached hydrogen (secondary N) is 1. The van der Waals surface area contributed by atoms with Gasteiger partial charge >= 0.3 is 0 Å². The third-order valence-corrected chi connectivity index (χ3v) is 5.50. The molecule has 2 N–H and O–H groups in total. The van der Waals surface area contributed by atoms with Gasteiger partial charge in [0.2, 0.25) is 0 Å². The molecule has 3 aromatic carbocycles. The molecule has 0 radical (unpaired) electrons. The summed E-state index contributed by atoms with van der Waals surface area (Å²) in [4.78, 5) is 0. The molecule has 0 saturated carbocycles. The fourth-order valence-electron chi connectivity index (χ4n) is 3.93. The number of fused-ring (bicyclic) bond motifs is 1. The first kappa shape index (κ1) is 17.1. The predicted octanol–water partition coefficient (Wildman–Crippen LogP) is 5.30. The molecule has 3 heteroatoms. The van der Waals surface area contributed by atoms with Crippen LogP contribution in [-0.2, 0) is 6.42 Å². The number of rotatable bonds is 2. The van der Waals surface area contributed by atoms with Crippen LogP contribution in [0.5, 0.6) is 5.75 Å². The Bertz CT molecular complexity index is 919. The van der Waals surface area contributed by atoms with Gasteiger partial charge in [-0.1, -0.05) is 60.1 Å². The quantitative estimate of drug-likeness (QED) is 0.647. The number of aryl methyl sites for hydroxylation is 1. The predicted molar refractivity (Wildman–Crippen MR) is 108 cm³/mol. The minimum Gasteiger partial charge on any atom is -0.507 e. The smallest absolute Gasteiger partial charge is 0.126 e. The maximum absolute atomic E-state index is 10.9. The minimum absolute atomic E-state index is 0.277. The summed E-state index contributed by atoms with van der Waals surface area (Å²) in [5.41, 5.74) is 6.71. The second-order valence-corrected chi connectivity index (χ2v) is 7.35. The van der Waals surface area contributed by atoms with Crippen LogP contribution in [-0.4, -0.2) is 18.2 Å². The lowest BCUT2D eigenvalue weighted by Gasteiger charge is -2.22. The standard InChI is InChI=1S/C23H22ClNO/c1-15-13-20-19(22(23(15)26)17-7-9-18(24)10-8-17)11-12-25-14-21(20)16-5-3-2-4-6-16/h2-10,13,21,25-26H,11-12,14H2,1H3. The van der Waals surface area contributed by atoms with E-state index in [2.05, 4.69) is 41.7 Å². The van der Waals surface area contributed by atoms with Crippen molar-refractivity contribution in [2.45, 2.75) is 19.3 Å². The lowest BCUT2D eigenvalue weighted by atomic mass is 9.83. The van der Waals surface area contributed by atoms with Gasteiger partial charge in [0, 0.05) is 23.0 Å². The van der Waals surface area contributed by atoms with Crippen molar-refractivity contribution in [3.63, 3.8) is 0 Å². The van der Waals surface area contributed by atoms with Crippen molar-refractivity contribution in [2.75, 3.05) is 13.1 Å². The monoisotopic (exact) mass is 363 g/mol. The highest BCUT2D eigenvalue weighted by Crippen LogP contribution is 2.42. The third-order valence-electron chi connectivity index (χ3n) is 5.24. The van der Waals surface area contributed by atoms with Gasteiger partial charge in [-0.05, 0) is 59.8 Å². The fraction of sp³-hybridized carbons (Fsp3) is 0.217. The van der Waals surface area contributed by atoms with E-state index in [0.29, 0.717) is 10.8 Å². The van der Waals surface area contributed by atoms with Crippen molar-refractivity contribution in [3.8, 4) is 16.9 Å². The van der Waals surface area contributed by atoms with Crippen LogP contribution < -0.4 is 5.32 Å². The molecule has 4 rings (SSSR count). The van der Waals surface area contributed by atoms with Crippen LogP contribution in [0.4, 0.5) is 0 Å². The van der Waals surface area contributed by atoms with Gasteiger partial charge in [-0.3, -0.25) is 0 Å². The first-order valence-corrected chi connectivity index (χ1v) is 9.40. The van der Waals surface area contributed by atoms with Crippen LogP contribution in [0.2, 0.25) is 5.02 Å². The normalized spacial score (nSPS) is 16.8. The maximum Gasteiger partial charge on any atom is 0.126 e. The average molecular weight is 364 g/mol. The van der Waals surface area contributed by atoms with Crippen molar-refractivity contribution in [1.29, 1.82) is 0 Å². The first-order chi connectivity index (χ1) is 12.6. The Morgan fingerprint density at radius 3 is 2.50 bits per heavy atom. The number of benzene rings is 3. The molecule has 0 aliphatic carbocycles. The zero-order chi connectivity index (χ0) is 18.1. The lowest BCUT2D eigenvalue weighted by Crippen LogP contribution is -2.20. The number of phenolic OH excluding ortho intramolecular Hbond substituents is 1. The number of aromatic hydroxyl groups is 1. The van der Waals surface area contributed by atoms with E-state index in [1.54, 1.807) is 0 Å². The van der Waals surface area contributed by atoms with Gasteiger partial charge in [0.25, 0.3) is 0 Å². The number of hydrogen-bond donors (Lipinski definition) is 2. The summed E-state index contributed by atoms with van der Waals surface area (Å²) in [5, 5.41) is 15.1. The van der Waals surface area contributed by atoms with Crippen molar-refractivity contribution in [1.82, 2.24) is 5.32 Å². The molecule has 1 aliphatic rings. The van der Waals surface area contributed by atoms with Gasteiger partial charge in [-0.15, -0.1) is 0 Å². The van der Waals surface area contributed by atoms with Gasteiger partial charge in [-0.25, -0.2) is 0 Å². The maximum atomic E-state index is 10.9. The molecule has 1 atom stereocenters. The van der Waals surface area contributed by atoms with E-state index < -0.39 is 0 Å². The van der Waals surface area contributed by atoms with Crippen molar-refractivity contribution in [3.05, 3.63) is 87.9 Å². The first-order valence-electron chi connectivity index (χ1n) is 9.02. The molecule has 3 aromatic rings. The highest BCUT2D eigenvalue weighted by molar-refractivity contribution is 6.30. The summed E-state index contributed by atoms with van der Waals surface area (Å²) in [6.07, 6.45) is 0.893. The van der Waals surface area contributed by atoms with Crippen molar-refractivity contribution < 1.29 is 5.11 Å². The number of halogens is 1. The Kier molecular flexibility index (Phi) is 4.71. The van der Waals surface area contributed by atoms with Crippen LogP contribution in [0, 0.1) is 6.92 Å². The minimum atomic E-state index is 0.277. The summed E-state index contributed by atoms with van der Waals surface area (Å²) >= 11 is 6.07. The van der Waals surface area contributed by atoms with Crippen LogP contribution in [0.1, 0.15) is 28.2 Å². The Labute approximate surface area is 159 Å². The molecule has 1 heterocycles. The summed E-state index contributed by atoms with van der Waals surface area (Å²) in [6.45, 7) is 3.79. The highest BCUT2D eigenvalue weighted by atomic mass is 35.5. The van der Waals surface area contributed by atoms with Gasteiger partial charge in [0.05, 0.1) is 0 Å². The molecule has 0 fully saturated rings. The molecule has 1 unspecified atom stereocenters. The van der Waals surface area contributed by atoms with E-state index >= 15 is 0 Å². The van der Waals surface area contributed by atoms with Crippen LogP contribution in [0.3, 0.4) is 0 Å². The topological polar surface area (TPSA) is 32.3 Å². The van der Waals surface area contributed by atoms with E-state index in [0.717, 1.165) is 36.2 Å². The van der Waals surface area contributed by atoms with Crippen molar-refractivity contribution >= 4 is 11.6 Å². The Balaban J connectivity index is 1.94. The summed E-state index contributed by atoms with van der Waals surface area (Å²) in [7, 11) is 0. The molecule has 1 aliphatic heterocycles. The molecule has 26 heavy (non-hydrogen) atoms. The summed E-state index contributed by atoms with van der Waals surface area (Å²) < 4.78 is 0. The van der Waals surface area contributed by atoms with E-state index in [-0.39, 0.29) is 5.92 Å². The molecule has 0 spiro atoms. The summed E-state index contributed by atoms with van der Waals surface area (Å²) in [5.74, 6) is 0.652. The zero-order valence-corrected chi connectivity index (χ0v) is 15.6. The highest BCUT2D eigenvalue weighted by Gasteiger charge is 2.25. The van der Waals surface area contributed by atoms with Gasteiger partial charge < -0.3 is 10.4 Å². The second-order valence-electron chi connectivity index (χ2n) is 6.91. The third kappa shape index (κ3) is 3.11. The van der Waals surface area contributed by atoms with Crippen molar-refractivity contribution in [2.24, 2.45) is 0 Å². The Morgan fingerprint density at radius 2 is 1.77 bits per heavy atom. The molecule has 0 saturated heterocycles. The lowest BCUT2D eigenvalue weighted by molar-refractivity contribution is 0.472. The van der Waals surface area contributed by atoms with E-state index in [9.17, 15) is 5.11 Å². The second kappa shape index (κ2) is 7.14. The van der Waals surface area contributed by atoms with Crippen LogP contribution in [0.25, 0.3) is 11.1 Å². The molecule has 0 amide bonds. The SMILES string of the molecule is Cc1cc2c(c(-c3ccc(Cl)cc3)c1O)CCNCC2c1ccccc1. The molecular formula is C23H22ClNO. The van der Waals surface area contributed by atoms with E-state index in [1.807, 2.05) is 31.2 Å². The number of hydrogen-bond acceptors (Lipinski definition) is 2. The van der Waals surface area contributed by atoms with Crippen LogP contribution >= 0.6 is 11.6 Å². The Morgan fingerprint density at radius 1 is 1.04 bits per heavy atom. The molecule has 0 bridgehead atoms. The molecule has 132 valence electrons. The Hall–Kier alpha value is -2.29. The average Bonchev–Trinajstić information content (AvgIpc) is 2.87. The number of phenols is 1. The molecular weight excluding hydrogens is 342 g/mol. The van der Waals surface area contributed by atoms with Crippen LogP contribution in [0.15, 0.2) is 60.7 Å². The van der Waals surface area contributed by atoms with Gasteiger partial charge in [-0.2, -0.15) is 0 Å². The van der Waals surface area contributed by atoms with Gasteiger partial charge in [0.15, 0.2) is 0 Å². The van der Waals surface area contributed by atoms with Gasteiger partial charge in [0.1, 0.15) is 5.75 Å². The fourth-order valence-corrected chi connectivity index (χ4v) is 4.06. The van der Waals surface area contributed by atoms with E-state index in [1.165, 1.54) is 16.7 Å².